The fraction of sp³-hybridized carbons (Fsp3) is 0.333. The second kappa shape index (κ2) is 9.48. The van der Waals surface area contributed by atoms with Crippen LogP contribution < -0.4 is 10.6 Å². The number of urea groups is 1. The van der Waals surface area contributed by atoms with Crippen LogP contribution in [0.2, 0.25) is 0 Å². The second-order valence-corrected chi connectivity index (χ2v) is 8.19. The van der Waals surface area contributed by atoms with Crippen LogP contribution in [0.5, 0.6) is 0 Å². The predicted molar refractivity (Wildman–Crippen MR) is 120 cm³/mol. The van der Waals surface area contributed by atoms with Gasteiger partial charge in [-0.25, -0.2) is 18.3 Å². The van der Waals surface area contributed by atoms with Crippen molar-refractivity contribution < 1.29 is 13.6 Å². The Hall–Kier alpha value is -3.26. The number of para-hydroxylation sites is 1. The Morgan fingerprint density at radius 1 is 1.06 bits per heavy atom. The average molecular weight is 440 g/mol. The van der Waals surface area contributed by atoms with Gasteiger partial charge in [-0.1, -0.05) is 24.3 Å². The number of carbonyl (C=O) groups excluding carboxylic acids is 1. The molecule has 2 aromatic carbocycles. The number of rotatable bonds is 5. The molecule has 0 aliphatic carbocycles. The minimum absolute atomic E-state index is 0.0565. The van der Waals surface area contributed by atoms with Crippen molar-refractivity contribution in [2.24, 2.45) is 0 Å². The Kier molecular flexibility index (Phi) is 6.50. The van der Waals surface area contributed by atoms with E-state index in [1.165, 1.54) is 6.07 Å². The highest BCUT2D eigenvalue weighted by Gasteiger charge is 2.22. The van der Waals surface area contributed by atoms with Gasteiger partial charge < -0.3 is 10.6 Å². The lowest BCUT2D eigenvalue weighted by molar-refractivity contribution is 0.189. The molecule has 2 heterocycles. The third-order valence-electron chi connectivity index (χ3n) is 5.84. The first-order valence-electron chi connectivity index (χ1n) is 10.8. The van der Waals surface area contributed by atoms with Crippen LogP contribution in [0.25, 0.3) is 5.69 Å². The largest absolute Gasteiger partial charge is 0.335 e. The molecule has 8 heteroatoms. The van der Waals surface area contributed by atoms with E-state index in [1.54, 1.807) is 6.07 Å². The summed E-state index contributed by atoms with van der Waals surface area (Å²) in [5.41, 5.74) is 4.01. The van der Waals surface area contributed by atoms with Crippen molar-refractivity contribution in [1.29, 1.82) is 0 Å². The molecule has 1 aromatic heterocycles. The van der Waals surface area contributed by atoms with Crippen LogP contribution >= 0.6 is 0 Å². The van der Waals surface area contributed by atoms with Crippen molar-refractivity contribution in [1.82, 2.24) is 20.0 Å². The van der Waals surface area contributed by atoms with Gasteiger partial charge in [-0.3, -0.25) is 4.90 Å². The molecule has 2 N–H and O–H groups in total. The highest BCUT2D eigenvalue weighted by Crippen LogP contribution is 2.23. The highest BCUT2D eigenvalue weighted by molar-refractivity contribution is 5.90. The Morgan fingerprint density at radius 2 is 1.78 bits per heavy atom. The molecule has 0 saturated carbocycles. The van der Waals surface area contributed by atoms with Gasteiger partial charge in [0.2, 0.25) is 0 Å². The number of aromatic nitrogens is 2. The predicted octanol–water partition coefficient (Wildman–Crippen LogP) is 4.55. The van der Waals surface area contributed by atoms with Gasteiger partial charge in [0, 0.05) is 25.7 Å². The molecule has 1 fully saturated rings. The number of benzene rings is 2. The first-order chi connectivity index (χ1) is 15.4. The smallest absolute Gasteiger partial charge is 0.319 e. The maximum atomic E-state index is 13.4. The van der Waals surface area contributed by atoms with Gasteiger partial charge in [-0.2, -0.15) is 5.10 Å². The van der Waals surface area contributed by atoms with E-state index in [2.05, 4.69) is 20.6 Å². The molecule has 6 nitrogen and oxygen atoms in total. The molecular formula is C24H27F2N5O. The van der Waals surface area contributed by atoms with E-state index < -0.39 is 11.6 Å². The summed E-state index contributed by atoms with van der Waals surface area (Å²) in [7, 11) is 0. The standard InChI is InChI=1S/C24H27F2N5O/c1-16-23(17(2)31(29-16)20-6-4-3-5-7-20)28-24(32)27-19-10-12-30(13-11-19)15-18-8-9-21(25)22(26)14-18/h3-9,14,19H,10-13,15H2,1-2H3,(H2,27,28,32). The number of halogens is 2. The monoisotopic (exact) mass is 439 g/mol. The van der Waals surface area contributed by atoms with Gasteiger partial charge in [0.05, 0.1) is 22.8 Å². The third-order valence-corrected chi connectivity index (χ3v) is 5.84. The van der Waals surface area contributed by atoms with E-state index in [-0.39, 0.29) is 12.1 Å². The minimum atomic E-state index is -0.831. The molecular weight excluding hydrogens is 412 g/mol. The van der Waals surface area contributed by atoms with Crippen LogP contribution in [-0.4, -0.2) is 39.8 Å². The maximum absolute atomic E-state index is 13.4. The lowest BCUT2D eigenvalue weighted by atomic mass is 10.0. The number of anilines is 1. The fourth-order valence-electron chi connectivity index (χ4n) is 4.11. The van der Waals surface area contributed by atoms with E-state index in [0.717, 1.165) is 54.6 Å². The summed E-state index contributed by atoms with van der Waals surface area (Å²) >= 11 is 0. The molecule has 1 saturated heterocycles. The van der Waals surface area contributed by atoms with Crippen molar-refractivity contribution in [3.63, 3.8) is 0 Å². The zero-order valence-electron chi connectivity index (χ0n) is 18.2. The van der Waals surface area contributed by atoms with E-state index in [1.807, 2.05) is 48.9 Å². The Morgan fingerprint density at radius 3 is 2.47 bits per heavy atom. The van der Waals surface area contributed by atoms with Gasteiger partial charge in [0.1, 0.15) is 0 Å². The average Bonchev–Trinajstić information content (AvgIpc) is 3.06. The molecule has 0 unspecified atom stereocenters. The molecule has 32 heavy (non-hydrogen) atoms. The first kappa shape index (κ1) is 22.0. The first-order valence-corrected chi connectivity index (χ1v) is 10.8. The van der Waals surface area contributed by atoms with E-state index in [4.69, 9.17) is 0 Å². The zero-order valence-corrected chi connectivity index (χ0v) is 18.2. The molecule has 4 rings (SSSR count). The van der Waals surface area contributed by atoms with Crippen LogP contribution in [0.3, 0.4) is 0 Å². The van der Waals surface area contributed by atoms with Crippen LogP contribution in [0.4, 0.5) is 19.3 Å². The van der Waals surface area contributed by atoms with Crippen LogP contribution in [-0.2, 0) is 6.54 Å². The second-order valence-electron chi connectivity index (χ2n) is 8.19. The number of amides is 2. The topological polar surface area (TPSA) is 62.2 Å². The number of aryl methyl sites for hydroxylation is 1. The minimum Gasteiger partial charge on any atom is -0.335 e. The van der Waals surface area contributed by atoms with Crippen LogP contribution in [0.15, 0.2) is 48.5 Å². The van der Waals surface area contributed by atoms with Crippen LogP contribution in [0.1, 0.15) is 29.8 Å². The van der Waals surface area contributed by atoms with E-state index in [9.17, 15) is 13.6 Å². The number of hydrogen-bond acceptors (Lipinski definition) is 3. The quantitative estimate of drug-likeness (QED) is 0.613. The van der Waals surface area contributed by atoms with Crippen molar-refractivity contribution in [2.75, 3.05) is 18.4 Å². The number of hydrogen-bond donors (Lipinski definition) is 2. The molecule has 1 aliphatic rings. The number of carbonyl (C=O) groups is 1. The molecule has 3 aromatic rings. The molecule has 0 atom stereocenters. The van der Waals surface area contributed by atoms with E-state index >= 15 is 0 Å². The Balaban J connectivity index is 1.30. The van der Waals surface area contributed by atoms with Crippen molar-refractivity contribution >= 4 is 11.7 Å². The van der Waals surface area contributed by atoms with Gasteiger partial charge in [0.15, 0.2) is 11.6 Å². The SMILES string of the molecule is Cc1nn(-c2ccccc2)c(C)c1NC(=O)NC1CCN(Cc2ccc(F)c(F)c2)CC1. The lowest BCUT2D eigenvalue weighted by Crippen LogP contribution is -2.45. The van der Waals surface area contributed by atoms with Crippen molar-refractivity contribution in [2.45, 2.75) is 39.3 Å². The van der Waals surface area contributed by atoms with Gasteiger partial charge in [-0.05, 0) is 56.5 Å². The third kappa shape index (κ3) is 4.96. The lowest BCUT2D eigenvalue weighted by Gasteiger charge is -2.32. The summed E-state index contributed by atoms with van der Waals surface area (Å²) in [4.78, 5) is 14.8. The Labute approximate surface area is 186 Å². The summed E-state index contributed by atoms with van der Waals surface area (Å²) in [6.45, 7) is 5.91. The van der Waals surface area contributed by atoms with Crippen molar-refractivity contribution in [3.8, 4) is 5.69 Å². The molecule has 0 bridgehead atoms. The molecule has 1 aliphatic heterocycles. The summed E-state index contributed by atoms with van der Waals surface area (Å²) in [5, 5.41) is 10.6. The molecule has 0 spiro atoms. The zero-order chi connectivity index (χ0) is 22.7. The number of nitrogens with zero attached hydrogens (tertiary/aromatic N) is 3. The maximum Gasteiger partial charge on any atom is 0.319 e. The van der Waals surface area contributed by atoms with Gasteiger partial charge in [0.25, 0.3) is 0 Å². The molecule has 2 amide bonds. The summed E-state index contributed by atoms with van der Waals surface area (Å²) in [6, 6.07) is 13.6. The summed E-state index contributed by atoms with van der Waals surface area (Å²) < 4.78 is 28.3. The van der Waals surface area contributed by atoms with Gasteiger partial charge >= 0.3 is 6.03 Å². The van der Waals surface area contributed by atoms with Crippen LogP contribution in [0, 0.1) is 25.5 Å². The molecule has 0 radical (unpaired) electrons. The van der Waals surface area contributed by atoms with Gasteiger partial charge in [-0.15, -0.1) is 0 Å². The summed E-state index contributed by atoms with van der Waals surface area (Å²) in [5.74, 6) is -1.65. The van der Waals surface area contributed by atoms with Crippen molar-refractivity contribution in [3.05, 3.63) is 77.1 Å². The molecule has 168 valence electrons. The number of piperidine rings is 1. The number of likely N-dealkylation sites (tertiary alicyclic amines) is 1. The highest BCUT2D eigenvalue weighted by atomic mass is 19.2. The van der Waals surface area contributed by atoms with E-state index in [0.29, 0.717) is 12.2 Å². The Bertz CT molecular complexity index is 1090. The summed E-state index contributed by atoms with van der Waals surface area (Å²) in [6.07, 6.45) is 1.58. The number of nitrogens with one attached hydrogen (secondary N) is 2. The fourth-order valence-corrected chi connectivity index (χ4v) is 4.11. The normalized spacial score (nSPS) is 15.0.